The minimum atomic E-state index is -0.330. The van der Waals surface area contributed by atoms with Crippen molar-refractivity contribution in [3.63, 3.8) is 0 Å². The van der Waals surface area contributed by atoms with Gasteiger partial charge in [0.25, 0.3) is 5.69 Å². The quantitative estimate of drug-likeness (QED) is 0.454. The molecule has 1 aromatic rings. The fourth-order valence-electron chi connectivity index (χ4n) is 3.07. The number of hydrogen-bond acceptors (Lipinski definition) is 4. The van der Waals surface area contributed by atoms with E-state index in [0.717, 1.165) is 31.7 Å². The molecule has 1 saturated carbocycles. The van der Waals surface area contributed by atoms with E-state index in [9.17, 15) is 10.1 Å². The molecule has 1 heterocycles. The van der Waals surface area contributed by atoms with E-state index >= 15 is 0 Å². The van der Waals surface area contributed by atoms with Crippen molar-refractivity contribution >= 4 is 34.0 Å². The molecule has 1 saturated heterocycles. The molecule has 6 heteroatoms. The molecule has 0 amide bonds. The van der Waals surface area contributed by atoms with Crippen molar-refractivity contribution in [1.29, 1.82) is 0 Å². The molecule has 1 aromatic carbocycles. The highest BCUT2D eigenvalue weighted by Crippen LogP contribution is 2.35. The van der Waals surface area contributed by atoms with Crippen molar-refractivity contribution in [1.82, 2.24) is 0 Å². The van der Waals surface area contributed by atoms with Crippen LogP contribution in [0.5, 0.6) is 0 Å². The Hall–Kier alpha value is -0.890. The lowest BCUT2D eigenvalue weighted by Crippen LogP contribution is -2.48. The Kier molecular flexibility index (Phi) is 3.62. The Labute approximate surface area is 125 Å². The summed E-state index contributed by atoms with van der Waals surface area (Å²) in [5.41, 5.74) is 1.26. The molecule has 5 nitrogen and oxygen atoms in total. The predicted molar refractivity (Wildman–Crippen MR) is 80.5 cm³/mol. The molecule has 2 fully saturated rings. The zero-order chi connectivity index (χ0) is 13.4. The van der Waals surface area contributed by atoms with Gasteiger partial charge in [-0.1, -0.05) is 0 Å². The van der Waals surface area contributed by atoms with E-state index in [1.807, 2.05) is 34.7 Å². The summed E-state index contributed by atoms with van der Waals surface area (Å²) in [6.45, 7) is 1.61. The molecule has 2 atom stereocenters. The molecule has 3 rings (SSSR count). The largest absolute Gasteiger partial charge is 0.374 e. The Morgan fingerprint density at radius 1 is 1.42 bits per heavy atom. The highest BCUT2D eigenvalue weighted by Gasteiger charge is 2.36. The van der Waals surface area contributed by atoms with Crippen LogP contribution in [-0.4, -0.2) is 30.2 Å². The SMILES string of the molecule is O=[N+]([O-])c1ccc(N2CCOC3CCCC32)cc1I. The minimum Gasteiger partial charge on any atom is -0.374 e. The molecule has 0 bridgehead atoms. The van der Waals surface area contributed by atoms with Gasteiger partial charge in [0.2, 0.25) is 0 Å². The Bertz CT molecular complexity index is 509. The molecule has 0 spiro atoms. The van der Waals surface area contributed by atoms with Gasteiger partial charge in [-0.25, -0.2) is 0 Å². The second-order valence-corrected chi connectivity index (χ2v) is 6.16. The summed E-state index contributed by atoms with van der Waals surface area (Å²) in [5, 5.41) is 10.9. The minimum absolute atomic E-state index is 0.181. The number of fused-ring (bicyclic) bond motifs is 1. The fourth-order valence-corrected chi connectivity index (χ4v) is 3.76. The first-order chi connectivity index (χ1) is 9.16. The third kappa shape index (κ3) is 2.43. The number of halogens is 1. The third-order valence-corrected chi connectivity index (χ3v) is 4.81. The number of benzene rings is 1. The van der Waals surface area contributed by atoms with E-state index < -0.39 is 0 Å². The lowest BCUT2D eigenvalue weighted by Gasteiger charge is -2.39. The fraction of sp³-hybridized carbons (Fsp3) is 0.538. The maximum atomic E-state index is 10.9. The van der Waals surface area contributed by atoms with Crippen molar-refractivity contribution in [2.45, 2.75) is 31.4 Å². The number of nitro groups is 1. The van der Waals surface area contributed by atoms with Gasteiger partial charge in [-0.2, -0.15) is 0 Å². The number of anilines is 1. The van der Waals surface area contributed by atoms with E-state index in [1.54, 1.807) is 6.07 Å². The van der Waals surface area contributed by atoms with Gasteiger partial charge in [-0.15, -0.1) is 0 Å². The average molecular weight is 374 g/mol. The molecule has 0 N–H and O–H groups in total. The second-order valence-electron chi connectivity index (χ2n) is 4.99. The summed E-state index contributed by atoms with van der Waals surface area (Å²) < 4.78 is 6.49. The van der Waals surface area contributed by atoms with Crippen LogP contribution in [-0.2, 0) is 4.74 Å². The van der Waals surface area contributed by atoms with Gasteiger partial charge in [0.05, 0.1) is 27.2 Å². The summed E-state index contributed by atoms with van der Waals surface area (Å²) in [6, 6.07) is 5.82. The Balaban J connectivity index is 1.89. The summed E-state index contributed by atoms with van der Waals surface area (Å²) in [6.07, 6.45) is 3.82. The molecule has 102 valence electrons. The number of ether oxygens (including phenoxy) is 1. The Morgan fingerprint density at radius 3 is 3.00 bits per heavy atom. The van der Waals surface area contributed by atoms with E-state index in [1.165, 1.54) is 6.42 Å². The zero-order valence-electron chi connectivity index (χ0n) is 10.4. The van der Waals surface area contributed by atoms with Crippen LogP contribution in [0.25, 0.3) is 0 Å². The lowest BCUT2D eigenvalue weighted by atomic mass is 10.1. The Morgan fingerprint density at radius 2 is 2.26 bits per heavy atom. The molecule has 0 radical (unpaired) electrons. The van der Waals surface area contributed by atoms with Crippen LogP contribution in [0.2, 0.25) is 0 Å². The standard InChI is InChI=1S/C13H15IN2O3/c14-10-8-9(4-5-11(10)16(17)18)15-6-7-19-13-3-1-2-12(13)15/h4-5,8,12-13H,1-3,6-7H2. The predicted octanol–water partition coefficient (Wildman–Crippen LogP) is 2.96. The van der Waals surface area contributed by atoms with Crippen LogP contribution in [0.3, 0.4) is 0 Å². The summed E-state index contributed by atoms with van der Waals surface area (Å²) in [5.74, 6) is 0. The van der Waals surface area contributed by atoms with Crippen LogP contribution >= 0.6 is 22.6 Å². The van der Waals surface area contributed by atoms with E-state index in [2.05, 4.69) is 4.90 Å². The van der Waals surface area contributed by atoms with Gasteiger partial charge in [0, 0.05) is 18.3 Å². The van der Waals surface area contributed by atoms with Gasteiger partial charge in [0.1, 0.15) is 0 Å². The average Bonchev–Trinajstić information content (AvgIpc) is 2.86. The van der Waals surface area contributed by atoms with E-state index in [0.29, 0.717) is 15.7 Å². The molecule has 1 aliphatic carbocycles. The molecular weight excluding hydrogens is 359 g/mol. The summed E-state index contributed by atoms with van der Waals surface area (Å²) in [7, 11) is 0. The van der Waals surface area contributed by atoms with Crippen LogP contribution < -0.4 is 4.90 Å². The monoisotopic (exact) mass is 374 g/mol. The number of rotatable bonds is 2. The van der Waals surface area contributed by atoms with Gasteiger partial charge in [-0.3, -0.25) is 10.1 Å². The van der Waals surface area contributed by atoms with Crippen molar-refractivity contribution in [3.05, 3.63) is 31.9 Å². The molecule has 19 heavy (non-hydrogen) atoms. The van der Waals surface area contributed by atoms with Crippen LogP contribution in [0.4, 0.5) is 11.4 Å². The molecule has 0 aromatic heterocycles. The van der Waals surface area contributed by atoms with Crippen LogP contribution in [0, 0.1) is 13.7 Å². The lowest BCUT2D eigenvalue weighted by molar-refractivity contribution is -0.385. The highest BCUT2D eigenvalue weighted by atomic mass is 127. The van der Waals surface area contributed by atoms with Crippen LogP contribution in [0.1, 0.15) is 19.3 Å². The topological polar surface area (TPSA) is 55.6 Å². The van der Waals surface area contributed by atoms with Crippen molar-refractivity contribution in [2.24, 2.45) is 0 Å². The normalized spacial score (nSPS) is 26.3. The summed E-state index contributed by atoms with van der Waals surface area (Å²) in [4.78, 5) is 12.9. The van der Waals surface area contributed by atoms with Gasteiger partial charge in [0.15, 0.2) is 0 Å². The highest BCUT2D eigenvalue weighted by molar-refractivity contribution is 14.1. The second kappa shape index (κ2) is 5.24. The molecular formula is C13H15IN2O3. The first kappa shape index (κ1) is 13.1. The maximum Gasteiger partial charge on any atom is 0.282 e. The van der Waals surface area contributed by atoms with E-state index in [4.69, 9.17) is 4.74 Å². The van der Waals surface area contributed by atoms with Gasteiger partial charge < -0.3 is 9.64 Å². The summed E-state index contributed by atoms with van der Waals surface area (Å²) >= 11 is 2.04. The first-order valence-electron chi connectivity index (χ1n) is 6.49. The number of nitrogens with zero attached hydrogens (tertiary/aromatic N) is 2. The first-order valence-corrected chi connectivity index (χ1v) is 7.57. The van der Waals surface area contributed by atoms with Crippen molar-refractivity contribution < 1.29 is 9.66 Å². The maximum absolute atomic E-state index is 10.9. The molecule has 1 aliphatic heterocycles. The number of hydrogen-bond donors (Lipinski definition) is 0. The number of morpholine rings is 1. The van der Waals surface area contributed by atoms with Gasteiger partial charge >= 0.3 is 0 Å². The smallest absolute Gasteiger partial charge is 0.282 e. The van der Waals surface area contributed by atoms with E-state index in [-0.39, 0.29) is 10.6 Å². The van der Waals surface area contributed by atoms with Crippen molar-refractivity contribution in [2.75, 3.05) is 18.1 Å². The van der Waals surface area contributed by atoms with Crippen molar-refractivity contribution in [3.8, 4) is 0 Å². The van der Waals surface area contributed by atoms with Crippen LogP contribution in [0.15, 0.2) is 18.2 Å². The number of nitro benzene ring substituents is 1. The zero-order valence-corrected chi connectivity index (χ0v) is 12.6. The third-order valence-electron chi connectivity index (χ3n) is 3.94. The molecule has 2 aliphatic rings. The van der Waals surface area contributed by atoms with Gasteiger partial charge in [-0.05, 0) is 54.0 Å². The molecule has 2 unspecified atom stereocenters.